The first-order valence-electron chi connectivity index (χ1n) is 9.80. The Balaban J connectivity index is 1.81. The van der Waals surface area contributed by atoms with Crippen LogP contribution in [-0.4, -0.2) is 36.0 Å². The molecule has 0 fully saturated rings. The molecule has 1 amide bonds. The van der Waals surface area contributed by atoms with Crippen molar-refractivity contribution in [3.8, 4) is 0 Å². The quantitative estimate of drug-likeness (QED) is 0.473. The van der Waals surface area contributed by atoms with Gasteiger partial charge >= 0.3 is 11.9 Å². The van der Waals surface area contributed by atoms with Crippen LogP contribution in [0, 0.1) is 12.7 Å². The fourth-order valence-electron chi connectivity index (χ4n) is 2.82. The van der Waals surface area contributed by atoms with E-state index in [0.717, 1.165) is 23.0 Å². The van der Waals surface area contributed by atoms with Gasteiger partial charge in [0.15, 0.2) is 11.7 Å². The van der Waals surface area contributed by atoms with Crippen LogP contribution in [-0.2, 0) is 20.8 Å². The van der Waals surface area contributed by atoms with Gasteiger partial charge in [-0.05, 0) is 37.6 Å². The Morgan fingerprint density at radius 1 is 1.03 bits per heavy atom. The van der Waals surface area contributed by atoms with E-state index in [1.807, 2.05) is 30.3 Å². The summed E-state index contributed by atoms with van der Waals surface area (Å²) in [7, 11) is 0. The highest BCUT2D eigenvalue weighted by Gasteiger charge is 2.25. The molecule has 0 bridgehead atoms. The second-order valence-electron chi connectivity index (χ2n) is 6.68. The van der Waals surface area contributed by atoms with Crippen LogP contribution < -0.4 is 4.90 Å². The normalized spacial score (nSPS) is 10.5. The zero-order valence-corrected chi connectivity index (χ0v) is 18.4. The first-order chi connectivity index (χ1) is 15.4. The van der Waals surface area contributed by atoms with Gasteiger partial charge in [0.2, 0.25) is 0 Å². The third-order valence-electron chi connectivity index (χ3n) is 4.35. The summed E-state index contributed by atoms with van der Waals surface area (Å²) < 4.78 is 23.5. The number of amides is 1. The molecule has 0 atom stereocenters. The van der Waals surface area contributed by atoms with Crippen molar-refractivity contribution in [2.24, 2.45) is 0 Å². The molecular formula is C23H21FN2O5S. The number of hydrogen-bond acceptors (Lipinski definition) is 7. The van der Waals surface area contributed by atoms with E-state index in [1.54, 1.807) is 13.8 Å². The molecule has 32 heavy (non-hydrogen) atoms. The van der Waals surface area contributed by atoms with E-state index >= 15 is 0 Å². The van der Waals surface area contributed by atoms with Crippen LogP contribution >= 0.6 is 11.3 Å². The van der Waals surface area contributed by atoms with E-state index in [4.69, 9.17) is 9.47 Å². The topological polar surface area (TPSA) is 85.8 Å². The third-order valence-corrected chi connectivity index (χ3v) is 5.51. The fraction of sp³-hybridized carbons (Fsp3) is 0.217. The number of hydrogen-bond donors (Lipinski definition) is 0. The summed E-state index contributed by atoms with van der Waals surface area (Å²) in [6, 6.07) is 14.2. The van der Waals surface area contributed by atoms with Gasteiger partial charge in [-0.3, -0.25) is 9.69 Å². The minimum absolute atomic E-state index is 0.00194. The Kier molecular flexibility index (Phi) is 7.67. The molecule has 166 valence electrons. The van der Waals surface area contributed by atoms with E-state index in [9.17, 15) is 18.8 Å². The van der Waals surface area contributed by atoms with E-state index in [0.29, 0.717) is 10.6 Å². The highest BCUT2D eigenvalue weighted by Crippen LogP contribution is 2.28. The van der Waals surface area contributed by atoms with Gasteiger partial charge in [-0.2, -0.15) is 0 Å². The molecule has 3 rings (SSSR count). The number of aromatic nitrogens is 1. The molecule has 9 heteroatoms. The third kappa shape index (κ3) is 5.76. The number of anilines is 1. The van der Waals surface area contributed by atoms with Crippen LogP contribution in [0.25, 0.3) is 0 Å². The number of carbonyl (C=O) groups excluding carboxylic acids is 3. The average molecular weight is 456 g/mol. The molecule has 0 spiro atoms. The van der Waals surface area contributed by atoms with Gasteiger partial charge in [-0.15, -0.1) is 0 Å². The molecule has 0 saturated heterocycles. The van der Waals surface area contributed by atoms with Gasteiger partial charge in [0, 0.05) is 0 Å². The summed E-state index contributed by atoms with van der Waals surface area (Å²) in [5.74, 6) is -2.46. The number of carbonyl (C=O) groups is 3. The number of nitrogens with zero attached hydrogens (tertiary/aromatic N) is 2. The summed E-state index contributed by atoms with van der Waals surface area (Å²) in [6.07, 6.45) is 0. The Morgan fingerprint density at radius 3 is 2.47 bits per heavy atom. The number of aryl methyl sites for hydroxylation is 1. The van der Waals surface area contributed by atoms with Gasteiger partial charge in [0.25, 0.3) is 5.91 Å². The Morgan fingerprint density at radius 2 is 1.78 bits per heavy atom. The average Bonchev–Trinajstić information content (AvgIpc) is 3.17. The lowest BCUT2D eigenvalue weighted by atomic mass is 10.2. The molecule has 0 saturated carbocycles. The lowest BCUT2D eigenvalue weighted by Gasteiger charge is -2.20. The Bertz CT molecular complexity index is 1120. The monoisotopic (exact) mass is 456 g/mol. The molecular weight excluding hydrogens is 435 g/mol. The fourth-order valence-corrected chi connectivity index (χ4v) is 3.79. The van der Waals surface area contributed by atoms with Crippen molar-refractivity contribution in [2.45, 2.75) is 20.4 Å². The van der Waals surface area contributed by atoms with Crippen LogP contribution in [0.2, 0.25) is 0 Å². The Hall–Kier alpha value is -3.59. The first kappa shape index (κ1) is 23.1. The molecule has 0 N–H and O–H groups in total. The van der Waals surface area contributed by atoms with Crippen LogP contribution in [0.1, 0.15) is 38.2 Å². The first-order valence-corrected chi connectivity index (χ1v) is 10.6. The predicted octanol–water partition coefficient (Wildman–Crippen LogP) is 4.16. The van der Waals surface area contributed by atoms with Gasteiger partial charge in [0.1, 0.15) is 10.7 Å². The van der Waals surface area contributed by atoms with Crippen molar-refractivity contribution in [1.29, 1.82) is 0 Å². The summed E-state index contributed by atoms with van der Waals surface area (Å²) >= 11 is 1.03. The zero-order valence-electron chi connectivity index (χ0n) is 17.5. The molecule has 0 aliphatic heterocycles. The highest BCUT2D eigenvalue weighted by atomic mass is 32.1. The van der Waals surface area contributed by atoms with Crippen molar-refractivity contribution in [1.82, 2.24) is 4.98 Å². The summed E-state index contributed by atoms with van der Waals surface area (Å²) in [4.78, 5) is 43.4. The number of rotatable bonds is 8. The molecule has 3 aromatic rings. The number of benzene rings is 2. The highest BCUT2D eigenvalue weighted by molar-refractivity contribution is 7.17. The minimum atomic E-state index is -0.819. The van der Waals surface area contributed by atoms with Crippen molar-refractivity contribution < 1.29 is 28.2 Å². The van der Waals surface area contributed by atoms with E-state index < -0.39 is 30.3 Å². The molecule has 0 radical (unpaired) electrons. The standard InChI is InChI=1S/C23H21FN2O5S/c1-3-30-22(29)20-15(2)25-23(32-20)26(13-16-8-5-4-6-9-16)19(27)14-31-21(28)17-10-7-11-18(24)12-17/h4-12H,3,13-14H2,1-2H3. The van der Waals surface area contributed by atoms with Gasteiger partial charge in [-0.25, -0.2) is 19.0 Å². The zero-order chi connectivity index (χ0) is 23.1. The molecule has 0 aliphatic rings. The van der Waals surface area contributed by atoms with Crippen molar-refractivity contribution in [3.05, 3.63) is 82.1 Å². The van der Waals surface area contributed by atoms with Crippen molar-refractivity contribution in [2.75, 3.05) is 18.1 Å². The maximum atomic E-state index is 13.4. The van der Waals surface area contributed by atoms with Gasteiger partial charge < -0.3 is 9.47 Å². The largest absolute Gasteiger partial charge is 0.462 e. The maximum absolute atomic E-state index is 13.4. The SMILES string of the molecule is CCOC(=O)c1sc(N(Cc2ccccc2)C(=O)COC(=O)c2cccc(F)c2)nc1C. The second kappa shape index (κ2) is 10.6. The van der Waals surface area contributed by atoms with E-state index in [2.05, 4.69) is 4.98 Å². The number of ether oxygens (including phenoxy) is 2. The lowest BCUT2D eigenvalue weighted by Crippen LogP contribution is -2.34. The van der Waals surface area contributed by atoms with Crippen LogP contribution in [0.5, 0.6) is 0 Å². The van der Waals surface area contributed by atoms with E-state index in [1.165, 1.54) is 23.1 Å². The second-order valence-corrected chi connectivity index (χ2v) is 7.66. The molecule has 7 nitrogen and oxygen atoms in total. The minimum Gasteiger partial charge on any atom is -0.462 e. The number of thiazole rings is 1. The van der Waals surface area contributed by atoms with Crippen molar-refractivity contribution in [3.63, 3.8) is 0 Å². The van der Waals surface area contributed by atoms with Crippen LogP contribution in [0.4, 0.5) is 9.52 Å². The lowest BCUT2D eigenvalue weighted by molar-refractivity contribution is -0.121. The molecule has 2 aromatic carbocycles. The Labute approximate surface area is 188 Å². The molecule has 0 unspecified atom stereocenters. The van der Waals surface area contributed by atoms with Gasteiger partial charge in [0.05, 0.1) is 24.4 Å². The summed E-state index contributed by atoms with van der Waals surface area (Å²) in [5, 5.41) is 0.279. The number of halogens is 1. The van der Waals surface area contributed by atoms with Crippen molar-refractivity contribution >= 4 is 34.3 Å². The van der Waals surface area contributed by atoms with Gasteiger partial charge in [-0.1, -0.05) is 47.7 Å². The predicted molar refractivity (Wildman–Crippen MR) is 117 cm³/mol. The van der Waals surface area contributed by atoms with E-state index in [-0.39, 0.29) is 23.8 Å². The summed E-state index contributed by atoms with van der Waals surface area (Å²) in [6.45, 7) is 3.16. The van der Waals surface area contributed by atoms with Crippen LogP contribution in [0.3, 0.4) is 0 Å². The molecule has 0 aliphatic carbocycles. The maximum Gasteiger partial charge on any atom is 0.350 e. The molecule has 1 aromatic heterocycles. The number of esters is 2. The van der Waals surface area contributed by atoms with Crippen LogP contribution in [0.15, 0.2) is 54.6 Å². The molecule has 1 heterocycles. The smallest absolute Gasteiger partial charge is 0.350 e. The summed E-state index contributed by atoms with van der Waals surface area (Å²) in [5.41, 5.74) is 1.26.